The van der Waals surface area contributed by atoms with Crippen LogP contribution in [0.4, 0.5) is 0 Å². The van der Waals surface area contributed by atoms with E-state index in [1.807, 2.05) is 17.5 Å². The first-order valence-corrected chi connectivity index (χ1v) is 7.08. The number of hydrogen-bond donors (Lipinski definition) is 1. The molecule has 0 aliphatic rings. The van der Waals surface area contributed by atoms with Crippen molar-refractivity contribution in [1.82, 2.24) is 5.43 Å². The number of hydrogen-bond acceptors (Lipinski definition) is 3. The van der Waals surface area contributed by atoms with Crippen LogP contribution in [0.15, 0.2) is 40.8 Å². The molecule has 2 rings (SSSR count). The Labute approximate surface area is 124 Å². The molecule has 1 aromatic carbocycles. The Kier molecular flexibility index (Phi) is 4.96. The van der Waals surface area contributed by atoms with E-state index in [1.54, 1.807) is 18.2 Å². The maximum absolute atomic E-state index is 11.6. The molecule has 6 heteroatoms. The van der Waals surface area contributed by atoms with Crippen LogP contribution in [0.25, 0.3) is 0 Å². The van der Waals surface area contributed by atoms with Crippen molar-refractivity contribution in [2.24, 2.45) is 5.10 Å². The predicted octanol–water partition coefficient (Wildman–Crippen LogP) is 3.75. The van der Waals surface area contributed by atoms with Crippen molar-refractivity contribution >= 4 is 46.7 Å². The van der Waals surface area contributed by atoms with Gasteiger partial charge in [0.1, 0.15) is 0 Å². The van der Waals surface area contributed by atoms with E-state index in [0.717, 1.165) is 4.88 Å². The average Bonchev–Trinajstić information content (AvgIpc) is 2.85. The summed E-state index contributed by atoms with van der Waals surface area (Å²) in [4.78, 5) is 12.6. The van der Waals surface area contributed by atoms with Crippen molar-refractivity contribution in [2.45, 2.75) is 6.42 Å². The normalized spacial score (nSPS) is 10.8. The number of nitrogens with zero attached hydrogens (tertiary/aromatic N) is 1. The second-order valence-corrected chi connectivity index (χ2v) is 5.53. The number of halogens is 2. The van der Waals surface area contributed by atoms with Gasteiger partial charge in [0.2, 0.25) is 5.91 Å². The number of amides is 1. The molecule has 0 saturated heterocycles. The van der Waals surface area contributed by atoms with Gasteiger partial charge >= 0.3 is 0 Å². The highest BCUT2D eigenvalue weighted by Crippen LogP contribution is 2.21. The fourth-order valence-corrected chi connectivity index (χ4v) is 2.61. The second-order valence-electron chi connectivity index (χ2n) is 3.68. The minimum absolute atomic E-state index is 0.179. The molecular weight excluding hydrogens is 303 g/mol. The van der Waals surface area contributed by atoms with Crippen LogP contribution in [0.5, 0.6) is 0 Å². The van der Waals surface area contributed by atoms with Gasteiger partial charge in [-0.1, -0.05) is 35.3 Å². The van der Waals surface area contributed by atoms with Crippen LogP contribution in [0.3, 0.4) is 0 Å². The van der Waals surface area contributed by atoms with E-state index < -0.39 is 0 Å². The number of nitrogens with one attached hydrogen (secondary N) is 1. The third kappa shape index (κ3) is 4.06. The van der Waals surface area contributed by atoms with Crippen molar-refractivity contribution in [1.29, 1.82) is 0 Å². The Morgan fingerprint density at radius 1 is 1.26 bits per heavy atom. The molecule has 0 unspecified atom stereocenters. The summed E-state index contributed by atoms with van der Waals surface area (Å²) in [7, 11) is 0. The minimum Gasteiger partial charge on any atom is -0.273 e. The predicted molar refractivity (Wildman–Crippen MR) is 80.2 cm³/mol. The Hall–Kier alpha value is -1.36. The summed E-state index contributed by atoms with van der Waals surface area (Å²) < 4.78 is 0. The quantitative estimate of drug-likeness (QED) is 0.678. The standard InChI is InChI=1S/C13H10Cl2N2OS/c14-11-4-1-5-12(15)10(11)8-16-17-13(18)7-9-3-2-6-19-9/h1-6,8H,7H2,(H,17,18)/b16-8-. The number of hydrazone groups is 1. The molecule has 98 valence electrons. The molecule has 1 N–H and O–H groups in total. The van der Waals surface area contributed by atoms with Crippen molar-refractivity contribution in [2.75, 3.05) is 0 Å². The molecular formula is C13H10Cl2N2OS. The van der Waals surface area contributed by atoms with Crippen molar-refractivity contribution in [3.63, 3.8) is 0 Å². The molecule has 1 aromatic heterocycles. The van der Waals surface area contributed by atoms with E-state index in [9.17, 15) is 4.79 Å². The second kappa shape index (κ2) is 6.70. The van der Waals surface area contributed by atoms with Gasteiger partial charge < -0.3 is 0 Å². The highest BCUT2D eigenvalue weighted by Gasteiger charge is 2.04. The highest BCUT2D eigenvalue weighted by atomic mass is 35.5. The van der Waals surface area contributed by atoms with Crippen LogP contribution in [-0.2, 0) is 11.2 Å². The Morgan fingerprint density at radius 2 is 2.00 bits per heavy atom. The van der Waals surface area contributed by atoms with Gasteiger partial charge in [-0.25, -0.2) is 5.43 Å². The molecule has 2 aromatic rings. The van der Waals surface area contributed by atoms with Crippen molar-refractivity contribution < 1.29 is 4.79 Å². The topological polar surface area (TPSA) is 41.5 Å². The molecule has 1 amide bonds. The third-order valence-electron chi connectivity index (χ3n) is 2.30. The van der Waals surface area contributed by atoms with Crippen LogP contribution in [0.2, 0.25) is 10.0 Å². The summed E-state index contributed by atoms with van der Waals surface area (Å²) in [5.41, 5.74) is 3.03. The number of thiophene rings is 1. The monoisotopic (exact) mass is 312 g/mol. The van der Waals surface area contributed by atoms with E-state index in [1.165, 1.54) is 17.6 Å². The molecule has 0 fully saturated rings. The Morgan fingerprint density at radius 3 is 2.63 bits per heavy atom. The van der Waals surface area contributed by atoms with Gasteiger partial charge in [-0.05, 0) is 23.6 Å². The van der Waals surface area contributed by atoms with E-state index in [0.29, 0.717) is 22.0 Å². The van der Waals surface area contributed by atoms with E-state index in [-0.39, 0.29) is 5.91 Å². The zero-order valence-electron chi connectivity index (χ0n) is 9.77. The maximum atomic E-state index is 11.6. The summed E-state index contributed by atoms with van der Waals surface area (Å²) in [6.07, 6.45) is 1.75. The zero-order chi connectivity index (χ0) is 13.7. The summed E-state index contributed by atoms with van der Waals surface area (Å²) in [6, 6.07) is 8.97. The lowest BCUT2D eigenvalue weighted by Crippen LogP contribution is -2.19. The summed E-state index contributed by atoms with van der Waals surface area (Å²) >= 11 is 13.5. The number of rotatable bonds is 4. The minimum atomic E-state index is -0.179. The number of carbonyl (C=O) groups is 1. The van der Waals surface area contributed by atoms with E-state index in [2.05, 4.69) is 10.5 Å². The average molecular weight is 313 g/mol. The van der Waals surface area contributed by atoms with Gasteiger partial charge in [0.05, 0.1) is 22.7 Å². The molecule has 0 spiro atoms. The van der Waals surface area contributed by atoms with Gasteiger partial charge in [-0.3, -0.25) is 4.79 Å². The van der Waals surface area contributed by atoms with E-state index >= 15 is 0 Å². The van der Waals surface area contributed by atoms with E-state index in [4.69, 9.17) is 23.2 Å². The van der Waals surface area contributed by atoms with Gasteiger partial charge in [-0.15, -0.1) is 11.3 Å². The zero-order valence-corrected chi connectivity index (χ0v) is 12.1. The molecule has 19 heavy (non-hydrogen) atoms. The van der Waals surface area contributed by atoms with Crippen LogP contribution in [0.1, 0.15) is 10.4 Å². The SMILES string of the molecule is O=C(Cc1cccs1)N/N=C\c1c(Cl)cccc1Cl. The van der Waals surface area contributed by atoms with Crippen LogP contribution >= 0.6 is 34.5 Å². The largest absolute Gasteiger partial charge is 0.273 e. The molecule has 0 bridgehead atoms. The molecule has 0 saturated carbocycles. The first kappa shape index (κ1) is 14.1. The first-order valence-electron chi connectivity index (χ1n) is 5.45. The summed E-state index contributed by atoms with van der Waals surface area (Å²) in [5.74, 6) is -0.179. The van der Waals surface area contributed by atoms with Crippen LogP contribution < -0.4 is 5.43 Å². The molecule has 0 aliphatic carbocycles. The van der Waals surface area contributed by atoms with Crippen molar-refractivity contribution in [3.8, 4) is 0 Å². The van der Waals surface area contributed by atoms with Crippen LogP contribution in [0, 0.1) is 0 Å². The lowest BCUT2D eigenvalue weighted by molar-refractivity contribution is -0.120. The smallest absolute Gasteiger partial charge is 0.245 e. The fourth-order valence-electron chi connectivity index (χ4n) is 1.41. The van der Waals surface area contributed by atoms with Gasteiger partial charge in [-0.2, -0.15) is 5.10 Å². The first-order chi connectivity index (χ1) is 9.16. The van der Waals surface area contributed by atoms with Crippen molar-refractivity contribution in [3.05, 3.63) is 56.2 Å². The fraction of sp³-hybridized carbons (Fsp3) is 0.0769. The highest BCUT2D eigenvalue weighted by molar-refractivity contribution is 7.10. The number of carbonyl (C=O) groups excluding carboxylic acids is 1. The van der Waals surface area contributed by atoms with Gasteiger partial charge in [0.15, 0.2) is 0 Å². The third-order valence-corrected chi connectivity index (χ3v) is 3.83. The number of benzene rings is 1. The van der Waals surface area contributed by atoms with Gasteiger partial charge in [0.25, 0.3) is 0 Å². The molecule has 0 atom stereocenters. The summed E-state index contributed by atoms with van der Waals surface area (Å²) in [6.45, 7) is 0. The Bertz CT molecular complexity index is 576. The molecule has 3 nitrogen and oxygen atoms in total. The lowest BCUT2D eigenvalue weighted by atomic mass is 10.2. The molecule has 0 aliphatic heterocycles. The summed E-state index contributed by atoms with van der Waals surface area (Å²) in [5, 5.41) is 6.76. The van der Waals surface area contributed by atoms with Gasteiger partial charge in [0, 0.05) is 10.4 Å². The molecule has 0 radical (unpaired) electrons. The maximum Gasteiger partial charge on any atom is 0.245 e. The Balaban J connectivity index is 1.95. The van der Waals surface area contributed by atoms with Crippen LogP contribution in [-0.4, -0.2) is 12.1 Å². The molecule has 1 heterocycles. The lowest BCUT2D eigenvalue weighted by Gasteiger charge is -2.01.